The van der Waals surface area contributed by atoms with Crippen LogP contribution in [0.1, 0.15) is 5.56 Å². The smallest absolute Gasteiger partial charge is 0.150 e. The average molecular weight is 205 g/mol. The molecule has 1 aliphatic rings. The lowest BCUT2D eigenvalue weighted by Crippen LogP contribution is -2.42. The highest BCUT2D eigenvalue weighted by molar-refractivity contribution is 5.56. The molecular formula is C12H15NO2. The molecule has 2 rings (SSSR count). The number of ether oxygens (including phenoxy) is 1. The van der Waals surface area contributed by atoms with Crippen molar-refractivity contribution in [1.29, 1.82) is 0 Å². The molecule has 0 aliphatic carbocycles. The van der Waals surface area contributed by atoms with Crippen LogP contribution in [0.15, 0.2) is 30.3 Å². The quantitative estimate of drug-likeness (QED) is 0.692. The van der Waals surface area contributed by atoms with Crippen molar-refractivity contribution in [3.05, 3.63) is 35.9 Å². The SMILES string of the molecule is O=C[C@H]1CN(Cc2ccccc2)CCO1. The van der Waals surface area contributed by atoms with Crippen LogP contribution < -0.4 is 0 Å². The molecule has 3 nitrogen and oxygen atoms in total. The van der Waals surface area contributed by atoms with Gasteiger partial charge in [0, 0.05) is 19.6 Å². The number of nitrogens with zero attached hydrogens (tertiary/aromatic N) is 1. The summed E-state index contributed by atoms with van der Waals surface area (Å²) in [7, 11) is 0. The van der Waals surface area contributed by atoms with Crippen molar-refractivity contribution in [3.8, 4) is 0 Å². The Bertz CT molecular complexity index is 313. The molecule has 0 saturated carbocycles. The first-order chi connectivity index (χ1) is 7.38. The zero-order valence-corrected chi connectivity index (χ0v) is 8.63. The summed E-state index contributed by atoms with van der Waals surface area (Å²) >= 11 is 0. The zero-order valence-electron chi connectivity index (χ0n) is 8.63. The van der Waals surface area contributed by atoms with Gasteiger partial charge in [0.25, 0.3) is 0 Å². The molecule has 0 amide bonds. The first-order valence-corrected chi connectivity index (χ1v) is 5.21. The van der Waals surface area contributed by atoms with Gasteiger partial charge in [-0.05, 0) is 5.56 Å². The summed E-state index contributed by atoms with van der Waals surface area (Å²) in [6, 6.07) is 10.3. The number of morpholine rings is 1. The number of hydrogen-bond donors (Lipinski definition) is 0. The van der Waals surface area contributed by atoms with E-state index in [1.165, 1.54) is 5.56 Å². The van der Waals surface area contributed by atoms with Crippen molar-refractivity contribution in [2.75, 3.05) is 19.7 Å². The lowest BCUT2D eigenvalue weighted by molar-refractivity contribution is -0.123. The van der Waals surface area contributed by atoms with E-state index in [1.807, 2.05) is 18.2 Å². The van der Waals surface area contributed by atoms with Crippen molar-refractivity contribution in [1.82, 2.24) is 4.90 Å². The highest BCUT2D eigenvalue weighted by Crippen LogP contribution is 2.09. The first kappa shape index (κ1) is 10.3. The van der Waals surface area contributed by atoms with E-state index in [1.54, 1.807) is 0 Å². The maximum atomic E-state index is 10.6. The van der Waals surface area contributed by atoms with E-state index in [2.05, 4.69) is 17.0 Å². The second-order valence-electron chi connectivity index (χ2n) is 3.77. The van der Waals surface area contributed by atoms with Crippen LogP contribution in [0.3, 0.4) is 0 Å². The maximum Gasteiger partial charge on any atom is 0.150 e. The third-order valence-corrected chi connectivity index (χ3v) is 2.58. The molecule has 1 atom stereocenters. The molecule has 0 bridgehead atoms. The highest BCUT2D eigenvalue weighted by atomic mass is 16.5. The fourth-order valence-electron chi connectivity index (χ4n) is 1.80. The van der Waals surface area contributed by atoms with Crippen LogP contribution in [0.4, 0.5) is 0 Å². The van der Waals surface area contributed by atoms with Gasteiger partial charge in [-0.2, -0.15) is 0 Å². The molecule has 0 N–H and O–H groups in total. The molecule has 0 radical (unpaired) electrons. The molecule has 1 saturated heterocycles. The number of carbonyl (C=O) groups is 1. The molecule has 0 unspecified atom stereocenters. The normalized spacial score (nSPS) is 22.5. The number of carbonyl (C=O) groups excluding carboxylic acids is 1. The van der Waals surface area contributed by atoms with Gasteiger partial charge in [0.05, 0.1) is 6.61 Å². The molecule has 80 valence electrons. The Morgan fingerprint density at radius 2 is 2.20 bits per heavy atom. The summed E-state index contributed by atoms with van der Waals surface area (Å²) in [6.45, 7) is 3.16. The Morgan fingerprint density at radius 1 is 1.40 bits per heavy atom. The lowest BCUT2D eigenvalue weighted by Gasteiger charge is -2.30. The van der Waals surface area contributed by atoms with Gasteiger partial charge in [0.15, 0.2) is 0 Å². The summed E-state index contributed by atoms with van der Waals surface area (Å²) in [5, 5.41) is 0. The minimum Gasteiger partial charge on any atom is -0.368 e. The van der Waals surface area contributed by atoms with Crippen molar-refractivity contribution in [2.24, 2.45) is 0 Å². The van der Waals surface area contributed by atoms with Crippen molar-refractivity contribution >= 4 is 6.29 Å². The molecule has 3 heteroatoms. The van der Waals surface area contributed by atoms with E-state index >= 15 is 0 Å². The van der Waals surface area contributed by atoms with Gasteiger partial charge in [0.1, 0.15) is 12.4 Å². The topological polar surface area (TPSA) is 29.5 Å². The maximum absolute atomic E-state index is 10.6. The Labute approximate surface area is 89.7 Å². The van der Waals surface area contributed by atoms with Gasteiger partial charge in [-0.1, -0.05) is 30.3 Å². The summed E-state index contributed by atoms with van der Waals surface area (Å²) in [4.78, 5) is 12.9. The summed E-state index contributed by atoms with van der Waals surface area (Å²) in [5.41, 5.74) is 1.28. The Kier molecular flexibility index (Phi) is 3.48. The van der Waals surface area contributed by atoms with E-state index in [4.69, 9.17) is 4.74 Å². The summed E-state index contributed by atoms with van der Waals surface area (Å²) in [6.07, 6.45) is 0.638. The third-order valence-electron chi connectivity index (χ3n) is 2.58. The van der Waals surface area contributed by atoms with E-state index in [0.29, 0.717) is 13.2 Å². The van der Waals surface area contributed by atoms with Gasteiger partial charge in [-0.25, -0.2) is 0 Å². The minimum absolute atomic E-state index is 0.248. The van der Waals surface area contributed by atoms with Gasteiger partial charge < -0.3 is 9.53 Å². The van der Waals surface area contributed by atoms with E-state index in [9.17, 15) is 4.79 Å². The van der Waals surface area contributed by atoms with Gasteiger partial charge >= 0.3 is 0 Å². The van der Waals surface area contributed by atoms with Crippen LogP contribution in [-0.4, -0.2) is 37.0 Å². The number of benzene rings is 1. The van der Waals surface area contributed by atoms with E-state index in [-0.39, 0.29) is 6.10 Å². The third kappa shape index (κ3) is 2.88. The molecule has 1 aliphatic heterocycles. The highest BCUT2D eigenvalue weighted by Gasteiger charge is 2.19. The minimum atomic E-state index is -0.248. The predicted octanol–water partition coefficient (Wildman–Crippen LogP) is 1.09. The lowest BCUT2D eigenvalue weighted by atomic mass is 10.2. The zero-order chi connectivity index (χ0) is 10.5. The van der Waals surface area contributed by atoms with Crippen molar-refractivity contribution < 1.29 is 9.53 Å². The number of rotatable bonds is 3. The van der Waals surface area contributed by atoms with Crippen LogP contribution in [0.2, 0.25) is 0 Å². The Morgan fingerprint density at radius 3 is 2.93 bits per heavy atom. The van der Waals surface area contributed by atoms with Crippen LogP contribution in [0, 0.1) is 0 Å². The molecule has 0 spiro atoms. The molecule has 1 heterocycles. The summed E-state index contributed by atoms with van der Waals surface area (Å²) in [5.74, 6) is 0. The second kappa shape index (κ2) is 5.05. The monoisotopic (exact) mass is 205 g/mol. The number of hydrogen-bond acceptors (Lipinski definition) is 3. The Hall–Kier alpha value is -1.19. The van der Waals surface area contributed by atoms with Gasteiger partial charge in [-0.15, -0.1) is 0 Å². The van der Waals surface area contributed by atoms with Gasteiger partial charge in [0.2, 0.25) is 0 Å². The first-order valence-electron chi connectivity index (χ1n) is 5.21. The van der Waals surface area contributed by atoms with E-state index < -0.39 is 0 Å². The molecular weight excluding hydrogens is 190 g/mol. The fraction of sp³-hybridized carbons (Fsp3) is 0.417. The summed E-state index contributed by atoms with van der Waals surface area (Å²) < 4.78 is 5.29. The molecule has 0 aromatic heterocycles. The van der Waals surface area contributed by atoms with Gasteiger partial charge in [-0.3, -0.25) is 4.90 Å². The Balaban J connectivity index is 1.92. The molecule has 1 aromatic carbocycles. The average Bonchev–Trinajstić information content (AvgIpc) is 2.31. The van der Waals surface area contributed by atoms with E-state index in [0.717, 1.165) is 19.4 Å². The van der Waals surface area contributed by atoms with Crippen LogP contribution in [-0.2, 0) is 16.1 Å². The fourth-order valence-corrected chi connectivity index (χ4v) is 1.80. The van der Waals surface area contributed by atoms with Crippen molar-refractivity contribution in [2.45, 2.75) is 12.6 Å². The largest absolute Gasteiger partial charge is 0.368 e. The van der Waals surface area contributed by atoms with Crippen molar-refractivity contribution in [3.63, 3.8) is 0 Å². The molecule has 1 fully saturated rings. The number of aldehydes is 1. The molecule has 15 heavy (non-hydrogen) atoms. The molecule has 1 aromatic rings. The van der Waals surface area contributed by atoms with Crippen LogP contribution in [0.5, 0.6) is 0 Å². The van der Waals surface area contributed by atoms with Crippen LogP contribution in [0.25, 0.3) is 0 Å². The second-order valence-corrected chi connectivity index (χ2v) is 3.77. The van der Waals surface area contributed by atoms with Crippen LogP contribution >= 0.6 is 0 Å². The standard InChI is InChI=1S/C12H15NO2/c14-10-12-9-13(6-7-15-12)8-11-4-2-1-3-5-11/h1-5,10,12H,6-9H2/t12-/m1/s1. The predicted molar refractivity (Wildman–Crippen MR) is 57.5 cm³/mol.